The fraction of sp³-hybridized carbons (Fsp3) is 0.640. The maximum Gasteiger partial charge on any atom is 0.226 e. The molecule has 3 saturated carbocycles. The Morgan fingerprint density at radius 1 is 1.13 bits per heavy atom. The van der Waals surface area contributed by atoms with Gasteiger partial charge in [0.1, 0.15) is 12.4 Å². The van der Waals surface area contributed by atoms with Gasteiger partial charge < -0.3 is 14.8 Å². The summed E-state index contributed by atoms with van der Waals surface area (Å²) in [5.41, 5.74) is 2.03. The summed E-state index contributed by atoms with van der Waals surface area (Å²) < 4.78 is 23.8. The van der Waals surface area contributed by atoms with E-state index in [2.05, 4.69) is 17.4 Å². The van der Waals surface area contributed by atoms with Crippen LogP contribution in [0.1, 0.15) is 70.3 Å². The molecule has 1 aliphatic heterocycles. The van der Waals surface area contributed by atoms with Crippen LogP contribution in [-0.4, -0.2) is 31.8 Å². The van der Waals surface area contributed by atoms with Gasteiger partial charge in [0.15, 0.2) is 0 Å². The van der Waals surface area contributed by atoms with E-state index in [1.807, 2.05) is 19.1 Å². The Morgan fingerprint density at radius 2 is 1.77 bits per heavy atom. The van der Waals surface area contributed by atoms with Crippen molar-refractivity contribution < 1.29 is 18.7 Å². The van der Waals surface area contributed by atoms with Crippen LogP contribution in [0.15, 0.2) is 36.2 Å². The van der Waals surface area contributed by atoms with E-state index < -0.39 is 0 Å². The van der Waals surface area contributed by atoms with E-state index in [0.29, 0.717) is 24.9 Å². The molecule has 1 heterocycles. The number of halogens is 1. The summed E-state index contributed by atoms with van der Waals surface area (Å²) >= 11 is 0. The highest BCUT2D eigenvalue weighted by atomic mass is 19.1. The smallest absolute Gasteiger partial charge is 0.226 e. The van der Waals surface area contributed by atoms with Gasteiger partial charge in [0, 0.05) is 24.7 Å². The fourth-order valence-corrected chi connectivity index (χ4v) is 5.43. The maximum absolute atomic E-state index is 13.1. The number of benzene rings is 1. The number of rotatable bonds is 7. The van der Waals surface area contributed by atoms with Crippen LogP contribution in [0.2, 0.25) is 0 Å². The molecule has 1 aromatic rings. The van der Waals surface area contributed by atoms with Gasteiger partial charge in [0.25, 0.3) is 0 Å². The minimum absolute atomic E-state index is 0.168. The van der Waals surface area contributed by atoms with Gasteiger partial charge in [0.05, 0.1) is 6.33 Å². The molecule has 0 aromatic heterocycles. The molecule has 4 fully saturated rings. The molecule has 1 saturated heterocycles. The molecule has 30 heavy (non-hydrogen) atoms. The van der Waals surface area contributed by atoms with E-state index >= 15 is 0 Å². The number of amides is 1. The van der Waals surface area contributed by atoms with Gasteiger partial charge >= 0.3 is 0 Å². The minimum atomic E-state index is -0.168. The first-order valence-electron chi connectivity index (χ1n) is 11.5. The first-order chi connectivity index (χ1) is 14.6. The number of ether oxygens (including phenoxy) is 2. The minimum Gasteiger partial charge on any atom is -0.489 e. The third-order valence-electron chi connectivity index (χ3n) is 7.78. The van der Waals surface area contributed by atoms with Crippen molar-refractivity contribution in [1.82, 2.24) is 5.32 Å². The van der Waals surface area contributed by atoms with E-state index in [9.17, 15) is 9.18 Å². The normalized spacial score (nSPS) is 29.6. The standard InChI is InChI=1S/C25H34FNO3/c1-2-19(17-26)18-30-22-5-3-20(4-6-22)24-9-12-25(13-10-24,14-11-24)23(28)27-21-7-15-29-16-8-21/h3-6,17,21H,2,7-16,18H2,1H3,(H,27,28)/b19-17-. The third kappa shape index (κ3) is 4.27. The Labute approximate surface area is 179 Å². The van der Waals surface area contributed by atoms with E-state index in [1.54, 1.807) is 0 Å². The Balaban J connectivity index is 1.36. The molecule has 0 unspecified atom stereocenters. The lowest BCUT2D eigenvalue weighted by Crippen LogP contribution is -2.54. The van der Waals surface area contributed by atoms with Gasteiger partial charge in [0.2, 0.25) is 5.91 Å². The first-order valence-corrected chi connectivity index (χ1v) is 11.5. The van der Waals surface area contributed by atoms with E-state index in [1.165, 1.54) is 5.56 Å². The van der Waals surface area contributed by atoms with Crippen molar-refractivity contribution in [3.8, 4) is 5.75 Å². The number of hydrogen-bond donors (Lipinski definition) is 1. The maximum atomic E-state index is 13.1. The Hall–Kier alpha value is -1.88. The van der Waals surface area contributed by atoms with Crippen molar-refractivity contribution in [2.45, 2.75) is 76.2 Å². The van der Waals surface area contributed by atoms with Crippen LogP contribution in [0.3, 0.4) is 0 Å². The van der Waals surface area contributed by atoms with Crippen LogP contribution in [0.5, 0.6) is 5.75 Å². The average Bonchev–Trinajstić information content (AvgIpc) is 2.82. The van der Waals surface area contributed by atoms with Crippen molar-refractivity contribution in [2.75, 3.05) is 19.8 Å². The highest BCUT2D eigenvalue weighted by molar-refractivity contribution is 5.83. The lowest BCUT2D eigenvalue weighted by Gasteiger charge is -2.53. The van der Waals surface area contributed by atoms with E-state index in [4.69, 9.17) is 9.47 Å². The number of nitrogens with one attached hydrogen (secondary N) is 1. The molecule has 0 radical (unpaired) electrons. The lowest BCUT2D eigenvalue weighted by atomic mass is 9.51. The largest absolute Gasteiger partial charge is 0.489 e. The quantitative estimate of drug-likeness (QED) is 0.664. The molecule has 1 aromatic carbocycles. The zero-order valence-corrected chi connectivity index (χ0v) is 18.1. The lowest BCUT2D eigenvalue weighted by molar-refractivity contribution is -0.139. The summed E-state index contributed by atoms with van der Waals surface area (Å²) in [4.78, 5) is 13.1. The van der Waals surface area contributed by atoms with E-state index in [0.717, 1.165) is 70.3 Å². The summed E-state index contributed by atoms with van der Waals surface area (Å²) in [5, 5.41) is 3.33. The van der Waals surface area contributed by atoms with Crippen LogP contribution >= 0.6 is 0 Å². The van der Waals surface area contributed by atoms with Crippen LogP contribution in [0.25, 0.3) is 0 Å². The highest BCUT2D eigenvalue weighted by Crippen LogP contribution is 2.58. The predicted octanol–water partition coefficient (Wildman–Crippen LogP) is 5.22. The number of fused-ring (bicyclic) bond motifs is 3. The second kappa shape index (κ2) is 9.09. The molecule has 4 nitrogen and oxygen atoms in total. The molecule has 2 bridgehead atoms. The first kappa shape index (κ1) is 21.4. The summed E-state index contributed by atoms with van der Waals surface area (Å²) in [6, 6.07) is 8.62. The van der Waals surface area contributed by atoms with Crippen LogP contribution in [0.4, 0.5) is 4.39 Å². The molecule has 1 amide bonds. The van der Waals surface area contributed by atoms with Gasteiger partial charge in [-0.3, -0.25) is 4.79 Å². The molecular weight excluding hydrogens is 381 g/mol. The van der Waals surface area contributed by atoms with Gasteiger partial charge in [-0.05, 0) is 86.5 Å². The second-order valence-corrected chi connectivity index (χ2v) is 9.35. The zero-order chi connectivity index (χ0) is 21.0. The topological polar surface area (TPSA) is 47.6 Å². The molecule has 1 N–H and O–H groups in total. The van der Waals surface area contributed by atoms with Crippen molar-refractivity contribution in [1.29, 1.82) is 0 Å². The van der Waals surface area contributed by atoms with Gasteiger partial charge in [-0.25, -0.2) is 4.39 Å². The molecule has 0 spiro atoms. The highest BCUT2D eigenvalue weighted by Gasteiger charge is 2.53. The van der Waals surface area contributed by atoms with Gasteiger partial charge in [-0.2, -0.15) is 0 Å². The molecule has 0 atom stereocenters. The summed E-state index contributed by atoms with van der Waals surface area (Å²) in [7, 11) is 0. The summed E-state index contributed by atoms with van der Waals surface area (Å²) in [5.74, 6) is 1.05. The second-order valence-electron chi connectivity index (χ2n) is 9.35. The molecule has 3 aliphatic carbocycles. The number of hydrogen-bond acceptors (Lipinski definition) is 3. The van der Waals surface area contributed by atoms with Crippen LogP contribution < -0.4 is 10.1 Å². The molecule has 5 heteroatoms. The fourth-order valence-electron chi connectivity index (χ4n) is 5.43. The average molecular weight is 416 g/mol. The van der Waals surface area contributed by atoms with Gasteiger partial charge in [-0.1, -0.05) is 19.1 Å². The van der Waals surface area contributed by atoms with E-state index in [-0.39, 0.29) is 22.8 Å². The summed E-state index contributed by atoms with van der Waals surface area (Å²) in [6.07, 6.45) is 9.28. The van der Waals surface area contributed by atoms with Crippen molar-refractivity contribution in [3.05, 3.63) is 41.7 Å². The monoisotopic (exact) mass is 415 g/mol. The zero-order valence-electron chi connectivity index (χ0n) is 18.1. The van der Waals surface area contributed by atoms with Gasteiger partial charge in [-0.15, -0.1) is 0 Å². The van der Waals surface area contributed by atoms with Crippen LogP contribution in [-0.2, 0) is 14.9 Å². The molecule has 164 valence electrons. The SMILES string of the molecule is CC/C(=C/F)COc1ccc(C23CCC(C(=O)NC4CCOCC4)(CC2)CC3)cc1. The Kier molecular flexibility index (Phi) is 6.47. The number of carbonyl (C=O) groups is 1. The third-order valence-corrected chi connectivity index (χ3v) is 7.78. The Morgan fingerprint density at radius 3 is 2.33 bits per heavy atom. The van der Waals surface area contributed by atoms with Crippen molar-refractivity contribution >= 4 is 5.91 Å². The number of carbonyl (C=O) groups excluding carboxylic acids is 1. The van der Waals surface area contributed by atoms with Crippen molar-refractivity contribution in [3.63, 3.8) is 0 Å². The molecular formula is C25H34FNO3. The molecule has 5 rings (SSSR count). The van der Waals surface area contributed by atoms with Crippen LogP contribution in [0, 0.1) is 5.41 Å². The Bertz CT molecular complexity index is 743. The summed E-state index contributed by atoms with van der Waals surface area (Å²) in [6.45, 7) is 3.73. The molecule has 4 aliphatic rings. The predicted molar refractivity (Wildman–Crippen MR) is 115 cm³/mol. The van der Waals surface area contributed by atoms with Crippen molar-refractivity contribution in [2.24, 2.45) is 5.41 Å².